The molecule has 0 unspecified atom stereocenters. The van der Waals surface area contributed by atoms with Crippen molar-refractivity contribution in [3.05, 3.63) is 24.3 Å². The first-order valence-electron chi connectivity index (χ1n) is 7.20. The zero-order valence-corrected chi connectivity index (χ0v) is 13.3. The Labute approximate surface area is 127 Å². The van der Waals surface area contributed by atoms with E-state index in [2.05, 4.69) is 30.0 Å². The van der Waals surface area contributed by atoms with Crippen molar-refractivity contribution < 1.29 is 4.79 Å². The van der Waals surface area contributed by atoms with E-state index in [1.54, 1.807) is 12.2 Å². The monoisotopic (exact) mass is 295 g/mol. The van der Waals surface area contributed by atoms with E-state index in [4.69, 9.17) is 12.2 Å². The fourth-order valence-corrected chi connectivity index (χ4v) is 2.61. The Kier molecular flexibility index (Phi) is 7.30. The number of carbonyl (C=O) groups is 1. The summed E-state index contributed by atoms with van der Waals surface area (Å²) in [5, 5.41) is 3.76. The molecule has 5 heteroatoms. The van der Waals surface area contributed by atoms with Crippen molar-refractivity contribution in [1.29, 1.82) is 0 Å². The third-order valence-electron chi connectivity index (χ3n) is 3.87. The van der Waals surface area contributed by atoms with E-state index in [0.717, 1.165) is 6.42 Å². The second-order valence-electron chi connectivity index (χ2n) is 5.35. The second kappa shape index (κ2) is 8.74. The van der Waals surface area contributed by atoms with Crippen molar-refractivity contribution in [3.63, 3.8) is 0 Å². The highest BCUT2D eigenvalue weighted by Crippen LogP contribution is 2.29. The van der Waals surface area contributed by atoms with Crippen LogP contribution in [0.2, 0.25) is 0 Å². The predicted octanol–water partition coefficient (Wildman–Crippen LogP) is 2.44. The Hall–Kier alpha value is -1.36. The van der Waals surface area contributed by atoms with Crippen molar-refractivity contribution in [2.75, 3.05) is 0 Å². The predicted molar refractivity (Wildman–Crippen MR) is 86.9 cm³/mol. The number of rotatable bonds is 3. The van der Waals surface area contributed by atoms with E-state index >= 15 is 0 Å². The summed E-state index contributed by atoms with van der Waals surface area (Å²) < 4.78 is 0. The average Bonchev–Trinajstić information content (AvgIpc) is 2.42. The number of hydrogen-bond acceptors (Lipinski definition) is 2. The molecule has 0 saturated heterocycles. The molecular weight excluding hydrogens is 270 g/mol. The maximum atomic E-state index is 11.4. The number of thiocarbonyl (C=S) groups is 1. The van der Waals surface area contributed by atoms with Crippen molar-refractivity contribution in [3.8, 4) is 0 Å². The van der Waals surface area contributed by atoms with Crippen LogP contribution in [0.3, 0.4) is 0 Å². The number of nitrogens with one attached hydrogen (secondary N) is 3. The average molecular weight is 295 g/mol. The molecule has 1 amide bonds. The molecule has 0 aromatic heterocycles. The number of hydrogen-bond donors (Lipinski definition) is 3. The first-order valence-corrected chi connectivity index (χ1v) is 7.61. The number of allylic oxidation sites excluding steroid dienone is 3. The third-order valence-corrected chi connectivity index (χ3v) is 4.09. The molecule has 3 atom stereocenters. The summed E-state index contributed by atoms with van der Waals surface area (Å²) in [4.78, 5) is 11.4. The zero-order valence-electron chi connectivity index (χ0n) is 12.5. The molecule has 3 N–H and O–H groups in total. The first kappa shape index (κ1) is 16.7. The quantitative estimate of drug-likeness (QED) is 0.324. The first-order chi connectivity index (χ1) is 9.54. The van der Waals surface area contributed by atoms with E-state index < -0.39 is 0 Å². The van der Waals surface area contributed by atoms with Crippen LogP contribution in [-0.2, 0) is 4.79 Å². The molecule has 4 nitrogen and oxygen atoms in total. The molecule has 20 heavy (non-hydrogen) atoms. The van der Waals surface area contributed by atoms with Crippen LogP contribution in [0, 0.1) is 11.8 Å². The van der Waals surface area contributed by atoms with Crippen LogP contribution in [0.5, 0.6) is 0 Å². The topological polar surface area (TPSA) is 53.2 Å². The molecule has 0 bridgehead atoms. The maximum absolute atomic E-state index is 11.4. The number of amides is 1. The lowest BCUT2D eigenvalue weighted by Gasteiger charge is -2.35. The lowest BCUT2D eigenvalue weighted by atomic mass is 9.78. The van der Waals surface area contributed by atoms with Gasteiger partial charge in [-0.25, -0.2) is 0 Å². The van der Waals surface area contributed by atoms with Crippen molar-refractivity contribution in [1.82, 2.24) is 16.2 Å². The molecule has 1 aliphatic rings. The maximum Gasteiger partial charge on any atom is 0.262 e. The summed E-state index contributed by atoms with van der Waals surface area (Å²) in [6.45, 7) is 6.43. The Balaban J connectivity index is 2.31. The molecule has 112 valence electrons. The van der Waals surface area contributed by atoms with Crippen LogP contribution < -0.4 is 16.2 Å². The van der Waals surface area contributed by atoms with Gasteiger partial charge in [0.25, 0.3) is 5.91 Å². The fraction of sp³-hybridized carbons (Fsp3) is 0.600. The zero-order chi connectivity index (χ0) is 15.0. The van der Waals surface area contributed by atoms with Crippen LogP contribution >= 0.6 is 12.2 Å². The van der Waals surface area contributed by atoms with E-state index in [0.29, 0.717) is 23.0 Å². The molecule has 0 radical (unpaired) electrons. The summed E-state index contributed by atoms with van der Waals surface area (Å²) in [7, 11) is 0. The van der Waals surface area contributed by atoms with Gasteiger partial charge in [-0.2, -0.15) is 0 Å². The number of hydrazine groups is 1. The van der Waals surface area contributed by atoms with Crippen LogP contribution in [-0.4, -0.2) is 17.1 Å². The normalized spacial score (nSPS) is 26.6. The highest BCUT2D eigenvalue weighted by molar-refractivity contribution is 7.80. The standard InChI is InChI=1S/C15H25N3OS/c1-4-5-6-10-14(19)17-18-15(20)16-13-9-7-8-11(2)12(13)3/h4-6,10-13H,7-9H2,1-3H3,(H,17,19)(H2,16,18,20)/b5-4+,10-6+/t11-,12-,13+/m0/s1. The summed E-state index contributed by atoms with van der Waals surface area (Å²) in [6.07, 6.45) is 10.4. The van der Waals surface area contributed by atoms with Gasteiger partial charge >= 0.3 is 0 Å². The molecule has 1 saturated carbocycles. The van der Waals surface area contributed by atoms with E-state index in [1.165, 1.54) is 18.9 Å². The smallest absolute Gasteiger partial charge is 0.262 e. The van der Waals surface area contributed by atoms with E-state index in [1.807, 2.05) is 13.0 Å². The van der Waals surface area contributed by atoms with E-state index in [9.17, 15) is 4.79 Å². The molecule has 0 aliphatic heterocycles. The minimum atomic E-state index is -0.225. The van der Waals surface area contributed by atoms with Crippen molar-refractivity contribution in [2.45, 2.75) is 46.1 Å². The summed E-state index contributed by atoms with van der Waals surface area (Å²) in [5.74, 6) is 1.08. The molecule has 1 rings (SSSR count). The molecular formula is C15H25N3OS. The number of carbonyl (C=O) groups excluding carboxylic acids is 1. The molecule has 1 aliphatic carbocycles. The van der Waals surface area contributed by atoms with Gasteiger partial charge in [-0.3, -0.25) is 15.6 Å². The van der Waals surface area contributed by atoms with Gasteiger partial charge in [-0.15, -0.1) is 0 Å². The third kappa shape index (κ3) is 5.74. The highest BCUT2D eigenvalue weighted by atomic mass is 32.1. The van der Waals surface area contributed by atoms with Gasteiger partial charge in [0.05, 0.1) is 0 Å². The van der Waals surface area contributed by atoms with Gasteiger partial charge in [0, 0.05) is 12.1 Å². The Morgan fingerprint density at radius 1 is 1.20 bits per heavy atom. The van der Waals surface area contributed by atoms with Gasteiger partial charge in [0.2, 0.25) is 0 Å². The largest absolute Gasteiger partial charge is 0.358 e. The molecule has 0 heterocycles. The van der Waals surface area contributed by atoms with Gasteiger partial charge in [-0.1, -0.05) is 44.9 Å². The van der Waals surface area contributed by atoms with Crippen LogP contribution in [0.4, 0.5) is 0 Å². The van der Waals surface area contributed by atoms with Gasteiger partial charge in [-0.05, 0) is 37.4 Å². The van der Waals surface area contributed by atoms with Crippen LogP contribution in [0.15, 0.2) is 24.3 Å². The lowest BCUT2D eigenvalue weighted by molar-refractivity contribution is -0.117. The minimum absolute atomic E-state index is 0.225. The highest BCUT2D eigenvalue weighted by Gasteiger charge is 2.27. The molecule has 0 aromatic rings. The summed E-state index contributed by atoms with van der Waals surface area (Å²) >= 11 is 5.21. The summed E-state index contributed by atoms with van der Waals surface area (Å²) in [6, 6.07) is 0.384. The molecule has 1 fully saturated rings. The SMILES string of the molecule is C/C=C/C=C/C(=O)NNC(=S)N[C@@H]1CCC[C@H](C)[C@@H]1C. The van der Waals surface area contributed by atoms with Gasteiger partial charge in [0.15, 0.2) is 5.11 Å². The van der Waals surface area contributed by atoms with E-state index in [-0.39, 0.29) is 5.91 Å². The second-order valence-corrected chi connectivity index (χ2v) is 5.75. The van der Waals surface area contributed by atoms with Gasteiger partial charge in [0.1, 0.15) is 0 Å². The fourth-order valence-electron chi connectivity index (χ4n) is 2.40. The molecule has 0 aromatic carbocycles. The summed E-state index contributed by atoms with van der Waals surface area (Å²) in [5.41, 5.74) is 5.28. The van der Waals surface area contributed by atoms with Crippen molar-refractivity contribution >= 4 is 23.2 Å². The van der Waals surface area contributed by atoms with Gasteiger partial charge < -0.3 is 5.32 Å². The van der Waals surface area contributed by atoms with Crippen LogP contribution in [0.1, 0.15) is 40.0 Å². The Morgan fingerprint density at radius 2 is 1.95 bits per heavy atom. The Morgan fingerprint density at radius 3 is 2.65 bits per heavy atom. The van der Waals surface area contributed by atoms with Crippen molar-refractivity contribution in [2.24, 2.45) is 11.8 Å². The Bertz CT molecular complexity index is 393. The minimum Gasteiger partial charge on any atom is -0.358 e. The van der Waals surface area contributed by atoms with Crippen LogP contribution in [0.25, 0.3) is 0 Å². The molecule has 0 spiro atoms. The lowest BCUT2D eigenvalue weighted by Crippen LogP contribution is -2.52.